The fourth-order valence-corrected chi connectivity index (χ4v) is 2.01. The Hall–Kier alpha value is 1.24. The Balaban J connectivity index is -0.00000128. The molecule has 0 aromatic heterocycles. The van der Waals surface area contributed by atoms with Gasteiger partial charge in [-0.1, -0.05) is 10.3 Å². The van der Waals surface area contributed by atoms with Crippen molar-refractivity contribution in [3.63, 3.8) is 0 Å². The van der Waals surface area contributed by atoms with Crippen LogP contribution in [0.4, 0.5) is 0 Å². The molecule has 0 bridgehead atoms. The summed E-state index contributed by atoms with van der Waals surface area (Å²) in [7, 11) is -9.89. The largest absolute Gasteiger partial charge is 1.00 e. The first kappa shape index (κ1) is 25.2. The Morgan fingerprint density at radius 3 is 1.58 bits per heavy atom. The van der Waals surface area contributed by atoms with E-state index >= 15 is 0 Å². The second kappa shape index (κ2) is 10.9. The van der Waals surface area contributed by atoms with Crippen LogP contribution in [0.15, 0.2) is 10.3 Å². The van der Waals surface area contributed by atoms with Crippen LogP contribution in [0.25, 0.3) is 0 Å². The molecule has 0 unspecified atom stereocenters. The van der Waals surface area contributed by atoms with E-state index in [-0.39, 0.29) is 65.5 Å². The van der Waals surface area contributed by atoms with Crippen LogP contribution in [0.1, 0.15) is 19.3 Å². The fraction of sp³-hybridized carbons (Fsp3) is 0.600. The maximum absolute atomic E-state index is 10.7. The molecule has 0 rings (SSSR count). The van der Waals surface area contributed by atoms with Gasteiger partial charge in [-0.2, -0.15) is 0 Å². The van der Waals surface area contributed by atoms with Gasteiger partial charge in [-0.3, -0.25) is 4.57 Å². The zero-order chi connectivity index (χ0) is 13.7. The molecule has 0 aromatic rings. The van der Waals surface area contributed by atoms with Crippen molar-refractivity contribution in [1.29, 1.82) is 0 Å². The van der Waals surface area contributed by atoms with Crippen LogP contribution in [0.2, 0.25) is 0 Å². The number of hydrogen-bond acceptors (Lipinski definition) is 8. The van der Waals surface area contributed by atoms with E-state index in [2.05, 4.69) is 10.3 Å². The number of hydrogen-bond donors (Lipinski definition) is 4. The summed E-state index contributed by atoms with van der Waals surface area (Å²) in [6, 6.07) is 0. The first-order valence-electron chi connectivity index (χ1n) is 4.13. The molecule has 14 heteroatoms. The van der Waals surface area contributed by atoms with Gasteiger partial charge in [0.1, 0.15) is 0 Å². The van der Waals surface area contributed by atoms with E-state index in [0.29, 0.717) is 0 Å². The molecule has 0 aliphatic carbocycles. The summed E-state index contributed by atoms with van der Waals surface area (Å²) in [6.07, 6.45) is -1.20. The minimum Gasteiger partial charge on any atom is -0.806 e. The van der Waals surface area contributed by atoms with Gasteiger partial charge in [0, 0.05) is 6.42 Å². The molecule has 0 aliphatic rings. The Morgan fingerprint density at radius 1 is 0.947 bits per heavy atom. The van der Waals surface area contributed by atoms with Gasteiger partial charge in [-0.15, -0.1) is 0 Å². The summed E-state index contributed by atoms with van der Waals surface area (Å²) in [5, 5.41) is 21.2. The zero-order valence-electron chi connectivity index (χ0n) is 10.3. The van der Waals surface area contributed by atoms with Crippen LogP contribution >= 0.6 is 15.2 Å². The molecule has 0 spiro atoms. The molecule has 0 saturated heterocycles. The molecule has 4 N–H and O–H groups in total. The van der Waals surface area contributed by atoms with E-state index in [0.717, 1.165) is 0 Å². The van der Waals surface area contributed by atoms with Crippen LogP contribution in [0.3, 0.4) is 0 Å². The molecular formula is C5H10N2Na2O8P2. The van der Waals surface area contributed by atoms with Crippen molar-refractivity contribution < 1.29 is 98.2 Å². The standard InChI is InChI=1S/C5H12N2O8P2.2Na/c8-6-4(16(10,11)12)2-1-3-5(7-9)17(13,14)15;;/h8-9H,1-3H2,(H2,10,11,12)(H2,13,14,15);;/q;2*+1/p-2. The second-order valence-corrected chi connectivity index (χ2v) is 6.04. The molecule has 0 atom stereocenters. The van der Waals surface area contributed by atoms with E-state index in [1.165, 1.54) is 0 Å². The molecule has 0 heterocycles. The molecule has 10 nitrogen and oxygen atoms in total. The molecule has 100 valence electrons. The van der Waals surface area contributed by atoms with Gasteiger partial charge in [0.05, 0.1) is 5.45 Å². The summed E-state index contributed by atoms with van der Waals surface area (Å²) in [4.78, 5) is 38.2. The SMILES string of the molecule is O=P([O-])([O-])C(CCCC(=NO)P(=O)(O)O)=NO.[Na+].[Na+]. The molecule has 0 radical (unpaired) electrons. The Labute approximate surface area is 152 Å². The Bertz CT molecular complexity index is 377. The average Bonchev–Trinajstić information content (AvgIpc) is 2.13. The molecule has 0 aliphatic heterocycles. The van der Waals surface area contributed by atoms with Crippen LogP contribution in [0, 0.1) is 0 Å². The predicted molar refractivity (Wildman–Crippen MR) is 51.9 cm³/mol. The van der Waals surface area contributed by atoms with Gasteiger partial charge in [-0.25, -0.2) is 0 Å². The van der Waals surface area contributed by atoms with Crippen molar-refractivity contribution in [3.8, 4) is 0 Å². The van der Waals surface area contributed by atoms with E-state index in [1.54, 1.807) is 0 Å². The van der Waals surface area contributed by atoms with Gasteiger partial charge in [0.25, 0.3) is 0 Å². The van der Waals surface area contributed by atoms with E-state index < -0.39 is 38.9 Å². The Kier molecular flexibility index (Phi) is 14.5. The van der Waals surface area contributed by atoms with Crippen molar-refractivity contribution in [2.24, 2.45) is 10.3 Å². The zero-order valence-corrected chi connectivity index (χ0v) is 16.1. The van der Waals surface area contributed by atoms with Crippen molar-refractivity contribution in [1.82, 2.24) is 0 Å². The van der Waals surface area contributed by atoms with E-state index in [4.69, 9.17) is 20.2 Å². The van der Waals surface area contributed by atoms with Gasteiger partial charge >= 0.3 is 66.7 Å². The van der Waals surface area contributed by atoms with Crippen molar-refractivity contribution in [3.05, 3.63) is 0 Å². The van der Waals surface area contributed by atoms with Crippen LogP contribution in [-0.4, -0.2) is 31.1 Å². The summed E-state index contributed by atoms with van der Waals surface area (Å²) in [5.41, 5.74) is -1.87. The molecule has 0 aromatic carbocycles. The van der Waals surface area contributed by atoms with E-state index in [1.807, 2.05) is 0 Å². The molecule has 19 heavy (non-hydrogen) atoms. The first-order chi connectivity index (χ1) is 7.62. The summed E-state index contributed by atoms with van der Waals surface area (Å²) in [5.74, 6) is 0. The summed E-state index contributed by atoms with van der Waals surface area (Å²) >= 11 is 0. The second-order valence-electron chi connectivity index (χ2n) is 2.93. The summed E-state index contributed by atoms with van der Waals surface area (Å²) < 4.78 is 21.1. The number of rotatable bonds is 6. The van der Waals surface area contributed by atoms with Crippen molar-refractivity contribution >= 4 is 26.1 Å². The van der Waals surface area contributed by atoms with Gasteiger partial charge < -0.3 is 34.6 Å². The summed E-state index contributed by atoms with van der Waals surface area (Å²) in [6.45, 7) is 0. The molecule has 0 saturated carbocycles. The predicted octanol–water partition coefficient (Wildman–Crippen LogP) is -7.17. The van der Waals surface area contributed by atoms with Gasteiger partial charge in [0.15, 0.2) is 5.45 Å². The number of nitrogens with zero attached hydrogens (tertiary/aromatic N) is 2. The fourth-order valence-electron chi connectivity index (χ4n) is 0.900. The Morgan fingerprint density at radius 2 is 1.32 bits per heavy atom. The molecular weight excluding hydrogens is 324 g/mol. The maximum atomic E-state index is 10.7. The normalized spacial score (nSPS) is 13.5. The molecule has 0 fully saturated rings. The minimum absolute atomic E-state index is 0. The number of oxime groups is 2. The quantitative estimate of drug-likeness (QED) is 0.121. The first-order valence-corrected chi connectivity index (χ1v) is 7.29. The van der Waals surface area contributed by atoms with Gasteiger partial charge in [0.2, 0.25) is 0 Å². The van der Waals surface area contributed by atoms with Crippen LogP contribution in [0.5, 0.6) is 0 Å². The third kappa shape index (κ3) is 10.6. The third-order valence-electron chi connectivity index (χ3n) is 1.68. The molecule has 0 amide bonds. The van der Waals surface area contributed by atoms with Crippen LogP contribution in [-0.2, 0) is 9.13 Å². The van der Waals surface area contributed by atoms with Crippen LogP contribution < -0.4 is 68.9 Å². The monoisotopic (exact) mass is 334 g/mol. The van der Waals surface area contributed by atoms with E-state index in [9.17, 15) is 18.9 Å². The van der Waals surface area contributed by atoms with Crippen molar-refractivity contribution in [2.45, 2.75) is 19.3 Å². The van der Waals surface area contributed by atoms with Crippen molar-refractivity contribution in [2.75, 3.05) is 0 Å². The minimum atomic E-state index is -5.18. The average molecular weight is 334 g/mol. The van der Waals surface area contributed by atoms with Gasteiger partial charge in [-0.05, 0) is 20.4 Å². The smallest absolute Gasteiger partial charge is 0.806 e. The third-order valence-corrected chi connectivity index (χ3v) is 3.61. The topological polar surface area (TPSA) is 186 Å². The maximum Gasteiger partial charge on any atom is 1.00 e.